The Labute approximate surface area is 154 Å². The first-order valence-electron chi connectivity index (χ1n) is 7.91. The van der Waals surface area contributed by atoms with Gasteiger partial charge in [-0.15, -0.1) is 0 Å². The number of anilines is 1. The summed E-state index contributed by atoms with van der Waals surface area (Å²) in [6, 6.07) is 5.82. The van der Waals surface area contributed by atoms with Crippen molar-refractivity contribution in [3.8, 4) is 22.0 Å². The van der Waals surface area contributed by atoms with Crippen LogP contribution >= 0.6 is 22.9 Å². The van der Waals surface area contributed by atoms with E-state index in [1.54, 1.807) is 0 Å². The van der Waals surface area contributed by atoms with Crippen LogP contribution in [0, 0.1) is 6.92 Å². The topological polar surface area (TPSA) is 67.8 Å². The predicted molar refractivity (Wildman–Crippen MR) is 100 cm³/mol. The molecule has 0 spiro atoms. The molecule has 4 rings (SSSR count). The Morgan fingerprint density at radius 3 is 2.92 bits per heavy atom. The van der Waals surface area contributed by atoms with Crippen LogP contribution < -0.4 is 5.32 Å². The van der Waals surface area contributed by atoms with Crippen molar-refractivity contribution in [2.75, 3.05) is 5.32 Å². The minimum atomic E-state index is -0.124. The van der Waals surface area contributed by atoms with Crippen LogP contribution in [0.1, 0.15) is 23.7 Å². The van der Waals surface area contributed by atoms with E-state index >= 15 is 0 Å². The van der Waals surface area contributed by atoms with Crippen molar-refractivity contribution in [1.29, 1.82) is 0 Å². The fourth-order valence-corrected chi connectivity index (χ4v) is 4.17. The highest BCUT2D eigenvalue weighted by Gasteiger charge is 2.24. The largest absolute Gasteiger partial charge is 0.302 e. The maximum Gasteiger partial charge on any atom is 0.223 e. The zero-order chi connectivity index (χ0) is 17.6. The molecule has 126 valence electrons. The fourth-order valence-electron chi connectivity index (χ4n) is 2.89. The second-order valence-corrected chi connectivity index (χ2v) is 7.43. The monoisotopic (exact) mass is 370 g/mol. The molecule has 1 amide bonds. The molecular formula is C18H15ClN4OS. The summed E-state index contributed by atoms with van der Waals surface area (Å²) in [5.41, 5.74) is 4.88. The number of fused-ring (bicyclic) bond motifs is 3. The molecule has 25 heavy (non-hydrogen) atoms. The van der Waals surface area contributed by atoms with Gasteiger partial charge in [0.15, 0.2) is 11.0 Å². The zero-order valence-corrected chi connectivity index (χ0v) is 15.3. The third-order valence-corrected chi connectivity index (χ3v) is 5.40. The lowest BCUT2D eigenvalue weighted by atomic mass is 9.99. The number of carbonyl (C=O) groups is 1. The SMILES string of the molecule is CC(=O)Nc1nc2c(s1)-c1nc(-c3cc(C)ccc3Cl)ncc1CC2. The van der Waals surface area contributed by atoms with Gasteiger partial charge in [0, 0.05) is 18.7 Å². The lowest BCUT2D eigenvalue weighted by Crippen LogP contribution is -2.07. The smallest absolute Gasteiger partial charge is 0.223 e. The van der Waals surface area contributed by atoms with Crippen LogP contribution in [0.5, 0.6) is 0 Å². The summed E-state index contributed by atoms with van der Waals surface area (Å²) >= 11 is 7.79. The number of hydrogen-bond donors (Lipinski definition) is 1. The lowest BCUT2D eigenvalue weighted by molar-refractivity contribution is -0.114. The molecule has 2 heterocycles. The molecule has 5 nitrogen and oxygen atoms in total. The van der Waals surface area contributed by atoms with Gasteiger partial charge in [0.25, 0.3) is 0 Å². The van der Waals surface area contributed by atoms with E-state index in [1.807, 2.05) is 31.3 Å². The first-order chi connectivity index (χ1) is 12.0. The number of aryl methyl sites for hydroxylation is 3. The Kier molecular flexibility index (Phi) is 4.01. The van der Waals surface area contributed by atoms with E-state index in [4.69, 9.17) is 16.6 Å². The number of aromatic nitrogens is 3. The Balaban J connectivity index is 1.82. The highest BCUT2D eigenvalue weighted by molar-refractivity contribution is 7.19. The third-order valence-electron chi connectivity index (χ3n) is 4.05. The number of thiazole rings is 1. The summed E-state index contributed by atoms with van der Waals surface area (Å²) in [6.45, 7) is 3.49. The maximum absolute atomic E-state index is 11.3. The van der Waals surface area contributed by atoms with Crippen molar-refractivity contribution in [2.45, 2.75) is 26.7 Å². The Morgan fingerprint density at radius 2 is 2.12 bits per heavy atom. The molecule has 1 aliphatic rings. The molecule has 3 aromatic rings. The summed E-state index contributed by atoms with van der Waals surface area (Å²) in [5, 5.41) is 4.00. The van der Waals surface area contributed by atoms with Gasteiger partial charge < -0.3 is 5.32 Å². The van der Waals surface area contributed by atoms with Gasteiger partial charge >= 0.3 is 0 Å². The molecule has 2 aromatic heterocycles. The first-order valence-corrected chi connectivity index (χ1v) is 9.11. The van der Waals surface area contributed by atoms with Crippen LogP contribution in [0.25, 0.3) is 22.0 Å². The van der Waals surface area contributed by atoms with Crippen molar-refractivity contribution < 1.29 is 4.79 Å². The normalized spacial score (nSPS) is 12.4. The molecule has 0 atom stereocenters. The minimum Gasteiger partial charge on any atom is -0.302 e. The average Bonchev–Trinajstić information content (AvgIpc) is 2.98. The average molecular weight is 371 g/mol. The molecule has 7 heteroatoms. The fraction of sp³-hybridized carbons (Fsp3) is 0.222. The lowest BCUT2D eigenvalue weighted by Gasteiger charge is -2.15. The third kappa shape index (κ3) is 3.03. The molecule has 0 aliphatic heterocycles. The molecule has 0 radical (unpaired) electrons. The van der Waals surface area contributed by atoms with Crippen LogP contribution in [0.4, 0.5) is 5.13 Å². The van der Waals surface area contributed by atoms with Crippen LogP contribution in [0.15, 0.2) is 24.4 Å². The van der Waals surface area contributed by atoms with Gasteiger partial charge in [-0.1, -0.05) is 34.6 Å². The Bertz CT molecular complexity index is 999. The quantitative estimate of drug-likeness (QED) is 0.730. The van der Waals surface area contributed by atoms with Crippen molar-refractivity contribution in [1.82, 2.24) is 15.0 Å². The summed E-state index contributed by atoms with van der Waals surface area (Å²) in [4.78, 5) is 26.1. The zero-order valence-electron chi connectivity index (χ0n) is 13.8. The second kappa shape index (κ2) is 6.20. The van der Waals surface area contributed by atoms with Gasteiger partial charge in [-0.2, -0.15) is 0 Å². The summed E-state index contributed by atoms with van der Waals surface area (Å²) in [6.07, 6.45) is 3.54. The molecule has 0 fully saturated rings. The van der Waals surface area contributed by atoms with Crippen molar-refractivity contribution in [3.63, 3.8) is 0 Å². The molecule has 0 saturated heterocycles. The Hall–Kier alpha value is -2.31. The number of halogens is 1. The van der Waals surface area contributed by atoms with Gasteiger partial charge in [-0.25, -0.2) is 15.0 Å². The predicted octanol–water partition coefficient (Wildman–Crippen LogP) is 4.29. The van der Waals surface area contributed by atoms with E-state index in [0.717, 1.165) is 45.8 Å². The number of benzene rings is 1. The number of hydrogen-bond acceptors (Lipinski definition) is 5. The highest BCUT2D eigenvalue weighted by Crippen LogP contribution is 2.39. The Morgan fingerprint density at radius 1 is 1.28 bits per heavy atom. The number of carbonyl (C=O) groups excluding carboxylic acids is 1. The van der Waals surface area contributed by atoms with Gasteiger partial charge in [0.2, 0.25) is 5.91 Å². The van der Waals surface area contributed by atoms with Crippen molar-refractivity contribution in [3.05, 3.63) is 46.2 Å². The van der Waals surface area contributed by atoms with Crippen LogP contribution in [-0.2, 0) is 17.6 Å². The second-order valence-electron chi connectivity index (χ2n) is 6.03. The number of amides is 1. The van der Waals surface area contributed by atoms with Gasteiger partial charge in [-0.3, -0.25) is 4.79 Å². The van der Waals surface area contributed by atoms with E-state index in [2.05, 4.69) is 15.3 Å². The van der Waals surface area contributed by atoms with Crippen molar-refractivity contribution in [2.24, 2.45) is 0 Å². The van der Waals surface area contributed by atoms with Gasteiger partial charge in [0.05, 0.1) is 21.3 Å². The standard InChI is InChI=1S/C18H15ClN4OS/c1-9-3-5-13(19)12(7-9)17-20-8-11-4-6-14-16(15(11)23-17)25-18(22-14)21-10(2)24/h3,5,7-8H,4,6H2,1-2H3,(H,21,22,24). The number of rotatable bonds is 2. The van der Waals surface area contributed by atoms with Crippen LogP contribution in [0.3, 0.4) is 0 Å². The molecule has 0 bridgehead atoms. The minimum absolute atomic E-state index is 0.124. The van der Waals surface area contributed by atoms with Gasteiger partial charge in [0.1, 0.15) is 0 Å². The van der Waals surface area contributed by atoms with Gasteiger partial charge in [-0.05, 0) is 37.5 Å². The molecular weight excluding hydrogens is 356 g/mol. The maximum atomic E-state index is 11.3. The molecule has 1 aliphatic carbocycles. The molecule has 1 aromatic carbocycles. The van der Waals surface area contributed by atoms with E-state index in [1.165, 1.54) is 18.3 Å². The van der Waals surface area contributed by atoms with E-state index in [9.17, 15) is 4.79 Å². The molecule has 1 N–H and O–H groups in total. The van der Waals surface area contributed by atoms with Crippen LogP contribution in [0.2, 0.25) is 5.02 Å². The summed E-state index contributed by atoms with van der Waals surface area (Å²) in [7, 11) is 0. The van der Waals surface area contributed by atoms with E-state index in [-0.39, 0.29) is 5.91 Å². The van der Waals surface area contributed by atoms with E-state index in [0.29, 0.717) is 16.0 Å². The van der Waals surface area contributed by atoms with Crippen LogP contribution in [-0.4, -0.2) is 20.9 Å². The summed E-state index contributed by atoms with van der Waals surface area (Å²) < 4.78 is 0. The summed E-state index contributed by atoms with van der Waals surface area (Å²) in [5.74, 6) is 0.482. The molecule has 0 saturated carbocycles. The number of nitrogens with one attached hydrogen (secondary N) is 1. The first kappa shape index (κ1) is 16.2. The highest BCUT2D eigenvalue weighted by atomic mass is 35.5. The molecule has 0 unspecified atom stereocenters. The van der Waals surface area contributed by atoms with Crippen molar-refractivity contribution >= 4 is 34.0 Å². The number of nitrogens with zero attached hydrogens (tertiary/aromatic N) is 3. The van der Waals surface area contributed by atoms with E-state index < -0.39 is 0 Å².